The summed E-state index contributed by atoms with van der Waals surface area (Å²) in [5.74, 6) is 0. The number of rotatable bonds is 4. The molecule has 1 heterocycles. The Labute approximate surface area is 110 Å². The molecule has 1 saturated heterocycles. The van der Waals surface area contributed by atoms with Gasteiger partial charge in [-0.1, -0.05) is 18.2 Å². The Kier molecular flexibility index (Phi) is 4.25. The molecule has 3 nitrogen and oxygen atoms in total. The molecule has 0 saturated carbocycles. The van der Waals surface area contributed by atoms with Gasteiger partial charge in [-0.2, -0.15) is 0 Å². The van der Waals surface area contributed by atoms with E-state index < -0.39 is 0 Å². The third-order valence-corrected chi connectivity index (χ3v) is 4.05. The van der Waals surface area contributed by atoms with Crippen molar-refractivity contribution in [2.45, 2.75) is 38.5 Å². The third-order valence-electron chi connectivity index (χ3n) is 4.05. The number of hydrogen-bond donors (Lipinski definition) is 1. The van der Waals surface area contributed by atoms with Gasteiger partial charge in [0, 0.05) is 25.4 Å². The molecule has 0 bridgehead atoms. The van der Waals surface area contributed by atoms with E-state index in [1.54, 1.807) is 0 Å². The monoisotopic (exact) mass is 248 g/mol. The summed E-state index contributed by atoms with van der Waals surface area (Å²) >= 11 is 0. The molecule has 0 amide bonds. The normalized spacial score (nSPS) is 25.1. The van der Waals surface area contributed by atoms with E-state index in [9.17, 15) is 0 Å². The zero-order chi connectivity index (χ0) is 13.1. The molecule has 18 heavy (non-hydrogen) atoms. The maximum Gasteiger partial charge on any atom is 0.0750 e. The van der Waals surface area contributed by atoms with Crippen LogP contribution in [-0.2, 0) is 4.74 Å². The van der Waals surface area contributed by atoms with Crippen molar-refractivity contribution in [3.05, 3.63) is 29.8 Å². The van der Waals surface area contributed by atoms with Gasteiger partial charge in [0.05, 0.1) is 12.1 Å². The summed E-state index contributed by atoms with van der Waals surface area (Å²) in [6.45, 7) is 5.24. The van der Waals surface area contributed by atoms with Gasteiger partial charge in [-0.25, -0.2) is 0 Å². The van der Waals surface area contributed by atoms with E-state index in [1.807, 2.05) is 7.05 Å². The van der Waals surface area contributed by atoms with Crippen LogP contribution in [0.1, 0.15) is 31.9 Å². The first-order chi connectivity index (χ1) is 8.65. The van der Waals surface area contributed by atoms with Crippen molar-refractivity contribution >= 4 is 5.69 Å². The molecule has 1 N–H and O–H groups in total. The highest BCUT2D eigenvalue weighted by Gasteiger charge is 2.29. The SMILES string of the molecule is CNC(C)c1ccccc1N(C)C1CCOC1C. The standard InChI is InChI=1S/C15H24N2O/c1-11(16-3)13-7-5-6-8-15(13)17(4)14-9-10-18-12(14)2/h5-8,11-12,14,16H,9-10H2,1-4H3. The van der Waals surface area contributed by atoms with Crippen molar-refractivity contribution in [2.24, 2.45) is 0 Å². The molecule has 1 aromatic rings. The van der Waals surface area contributed by atoms with Gasteiger partial charge >= 0.3 is 0 Å². The van der Waals surface area contributed by atoms with Crippen LogP contribution in [0.4, 0.5) is 5.69 Å². The molecule has 0 radical (unpaired) electrons. The summed E-state index contributed by atoms with van der Waals surface area (Å²) in [4.78, 5) is 2.38. The molecule has 1 aliphatic heterocycles. The van der Waals surface area contributed by atoms with Gasteiger partial charge < -0.3 is 15.0 Å². The molecule has 0 spiro atoms. The van der Waals surface area contributed by atoms with Crippen LogP contribution in [0.3, 0.4) is 0 Å². The number of ether oxygens (including phenoxy) is 1. The average Bonchev–Trinajstić information content (AvgIpc) is 2.83. The molecular weight excluding hydrogens is 224 g/mol. The van der Waals surface area contributed by atoms with Gasteiger partial charge in [0.15, 0.2) is 0 Å². The molecule has 100 valence electrons. The molecule has 1 fully saturated rings. The van der Waals surface area contributed by atoms with Crippen LogP contribution in [0.15, 0.2) is 24.3 Å². The minimum absolute atomic E-state index is 0.313. The van der Waals surface area contributed by atoms with Crippen molar-refractivity contribution in [1.82, 2.24) is 5.32 Å². The number of benzene rings is 1. The zero-order valence-electron chi connectivity index (χ0n) is 11.8. The van der Waals surface area contributed by atoms with Crippen LogP contribution in [0, 0.1) is 0 Å². The van der Waals surface area contributed by atoms with Gasteiger partial charge in [-0.15, -0.1) is 0 Å². The summed E-state index contributed by atoms with van der Waals surface area (Å²) in [6, 6.07) is 9.46. The number of anilines is 1. The number of nitrogens with zero attached hydrogens (tertiary/aromatic N) is 1. The lowest BCUT2D eigenvalue weighted by Gasteiger charge is -2.31. The maximum atomic E-state index is 5.68. The Balaban J connectivity index is 2.26. The summed E-state index contributed by atoms with van der Waals surface area (Å²) in [7, 11) is 4.18. The first-order valence-electron chi connectivity index (χ1n) is 6.75. The highest BCUT2D eigenvalue weighted by atomic mass is 16.5. The summed E-state index contributed by atoms with van der Waals surface area (Å²) < 4.78 is 5.68. The molecule has 0 aliphatic carbocycles. The van der Waals surface area contributed by atoms with E-state index in [0.717, 1.165) is 13.0 Å². The van der Waals surface area contributed by atoms with Crippen molar-refractivity contribution in [1.29, 1.82) is 0 Å². The Morgan fingerprint density at radius 2 is 2.11 bits per heavy atom. The Morgan fingerprint density at radius 3 is 2.72 bits per heavy atom. The largest absolute Gasteiger partial charge is 0.376 e. The second-order valence-electron chi connectivity index (χ2n) is 5.11. The predicted molar refractivity (Wildman–Crippen MR) is 76.1 cm³/mol. The van der Waals surface area contributed by atoms with Gasteiger partial charge in [0.2, 0.25) is 0 Å². The molecule has 3 unspecified atom stereocenters. The third kappa shape index (κ3) is 2.52. The van der Waals surface area contributed by atoms with E-state index in [2.05, 4.69) is 55.4 Å². The molecule has 2 rings (SSSR count). The number of nitrogens with one attached hydrogen (secondary N) is 1. The van der Waals surface area contributed by atoms with E-state index in [0.29, 0.717) is 18.2 Å². The Bertz CT molecular complexity index is 394. The minimum atomic E-state index is 0.313. The fraction of sp³-hybridized carbons (Fsp3) is 0.600. The van der Waals surface area contributed by atoms with Crippen molar-refractivity contribution < 1.29 is 4.74 Å². The molecule has 1 aromatic carbocycles. The molecule has 1 aliphatic rings. The molecule has 0 aromatic heterocycles. The lowest BCUT2D eigenvalue weighted by Crippen LogP contribution is -2.37. The van der Waals surface area contributed by atoms with Gasteiger partial charge in [0.25, 0.3) is 0 Å². The first-order valence-corrected chi connectivity index (χ1v) is 6.75. The highest BCUT2D eigenvalue weighted by Crippen LogP contribution is 2.30. The fourth-order valence-electron chi connectivity index (χ4n) is 2.74. The molecule has 3 heteroatoms. The average molecular weight is 248 g/mol. The van der Waals surface area contributed by atoms with Crippen LogP contribution < -0.4 is 10.2 Å². The lowest BCUT2D eigenvalue weighted by atomic mass is 10.0. The first kappa shape index (κ1) is 13.4. The Hall–Kier alpha value is -1.06. The van der Waals surface area contributed by atoms with Crippen molar-refractivity contribution in [3.8, 4) is 0 Å². The van der Waals surface area contributed by atoms with E-state index in [4.69, 9.17) is 4.74 Å². The lowest BCUT2D eigenvalue weighted by molar-refractivity contribution is 0.118. The van der Waals surface area contributed by atoms with Crippen LogP contribution in [-0.4, -0.2) is 32.8 Å². The van der Waals surface area contributed by atoms with Gasteiger partial charge in [-0.05, 0) is 38.9 Å². The van der Waals surface area contributed by atoms with Crippen molar-refractivity contribution in [3.63, 3.8) is 0 Å². The van der Waals surface area contributed by atoms with Crippen LogP contribution >= 0.6 is 0 Å². The smallest absolute Gasteiger partial charge is 0.0750 e. The van der Waals surface area contributed by atoms with E-state index in [1.165, 1.54) is 11.3 Å². The summed E-state index contributed by atoms with van der Waals surface area (Å²) in [5.41, 5.74) is 2.66. The van der Waals surface area contributed by atoms with Gasteiger partial charge in [0.1, 0.15) is 0 Å². The number of likely N-dealkylation sites (N-methyl/N-ethyl adjacent to an activating group) is 1. The number of hydrogen-bond acceptors (Lipinski definition) is 3. The zero-order valence-corrected chi connectivity index (χ0v) is 11.8. The number of para-hydroxylation sites is 1. The van der Waals surface area contributed by atoms with Crippen molar-refractivity contribution in [2.75, 3.05) is 25.6 Å². The maximum absolute atomic E-state index is 5.68. The molecular formula is C15H24N2O. The van der Waals surface area contributed by atoms with Crippen LogP contribution in [0.25, 0.3) is 0 Å². The highest BCUT2D eigenvalue weighted by molar-refractivity contribution is 5.55. The minimum Gasteiger partial charge on any atom is -0.376 e. The summed E-state index contributed by atoms with van der Waals surface area (Å²) in [6.07, 6.45) is 1.42. The second-order valence-corrected chi connectivity index (χ2v) is 5.11. The quantitative estimate of drug-likeness (QED) is 0.886. The van der Waals surface area contributed by atoms with Crippen LogP contribution in [0.2, 0.25) is 0 Å². The second kappa shape index (κ2) is 5.72. The fourth-order valence-corrected chi connectivity index (χ4v) is 2.74. The molecule has 3 atom stereocenters. The Morgan fingerprint density at radius 1 is 1.39 bits per heavy atom. The van der Waals surface area contributed by atoms with Gasteiger partial charge in [-0.3, -0.25) is 0 Å². The topological polar surface area (TPSA) is 24.5 Å². The van der Waals surface area contributed by atoms with Crippen LogP contribution in [0.5, 0.6) is 0 Å². The summed E-state index contributed by atoms with van der Waals surface area (Å²) in [5, 5.41) is 3.32. The van der Waals surface area contributed by atoms with E-state index in [-0.39, 0.29) is 0 Å². The van der Waals surface area contributed by atoms with E-state index >= 15 is 0 Å². The predicted octanol–water partition coefficient (Wildman–Crippen LogP) is 2.58.